The number of rotatable bonds is 1. The van der Waals surface area contributed by atoms with Gasteiger partial charge in [0.15, 0.2) is 0 Å². The standard InChI is InChI=1S/C3H4NO4P/c4-3-8-9(5)6-1-2-7-9/h1-2H2. The van der Waals surface area contributed by atoms with E-state index in [4.69, 9.17) is 5.26 Å². The van der Waals surface area contributed by atoms with Crippen LogP contribution in [0.4, 0.5) is 0 Å². The first-order valence-electron chi connectivity index (χ1n) is 2.24. The fourth-order valence-corrected chi connectivity index (χ4v) is 1.31. The highest BCUT2D eigenvalue weighted by Gasteiger charge is 2.33. The molecule has 1 fully saturated rings. The molecule has 6 heteroatoms. The molecular weight excluding hydrogens is 145 g/mol. The zero-order chi connectivity index (χ0) is 6.74. The Labute approximate surface area is 51.7 Å². The Kier molecular flexibility index (Phi) is 1.72. The van der Waals surface area contributed by atoms with Crippen LogP contribution in [-0.2, 0) is 18.1 Å². The molecule has 1 aliphatic rings. The molecule has 9 heavy (non-hydrogen) atoms. The molecule has 0 aromatic rings. The van der Waals surface area contributed by atoms with E-state index >= 15 is 0 Å². The second kappa shape index (κ2) is 2.36. The van der Waals surface area contributed by atoms with Gasteiger partial charge in [0.2, 0.25) is 0 Å². The van der Waals surface area contributed by atoms with Crippen LogP contribution < -0.4 is 0 Å². The molecule has 1 aliphatic heterocycles. The lowest BCUT2D eigenvalue weighted by Gasteiger charge is -2.00. The topological polar surface area (TPSA) is 68.5 Å². The molecule has 0 radical (unpaired) electrons. The van der Waals surface area contributed by atoms with Gasteiger partial charge in [-0.05, 0) is 0 Å². The SMILES string of the molecule is N#COP1(=O)OCCO1. The summed E-state index contributed by atoms with van der Waals surface area (Å²) >= 11 is 0. The highest BCUT2D eigenvalue weighted by molar-refractivity contribution is 7.48. The summed E-state index contributed by atoms with van der Waals surface area (Å²) in [7, 11) is -3.43. The van der Waals surface area contributed by atoms with Crippen LogP contribution in [-0.4, -0.2) is 13.2 Å². The number of nitrogens with zero attached hydrogens (tertiary/aromatic N) is 1. The van der Waals surface area contributed by atoms with Gasteiger partial charge in [-0.1, -0.05) is 0 Å². The number of phosphoric ester groups is 1. The van der Waals surface area contributed by atoms with Gasteiger partial charge in [-0.25, -0.2) is 4.57 Å². The quantitative estimate of drug-likeness (QED) is 0.404. The monoisotopic (exact) mass is 149 g/mol. The maximum Gasteiger partial charge on any atom is 0.540 e. The minimum atomic E-state index is -3.43. The first-order valence-corrected chi connectivity index (χ1v) is 3.70. The lowest BCUT2D eigenvalue weighted by Crippen LogP contribution is -1.80. The molecule has 0 aromatic carbocycles. The van der Waals surface area contributed by atoms with E-state index in [1.807, 2.05) is 0 Å². The molecule has 0 atom stereocenters. The van der Waals surface area contributed by atoms with Crippen LogP contribution in [0.25, 0.3) is 0 Å². The van der Waals surface area contributed by atoms with E-state index in [0.717, 1.165) is 0 Å². The van der Waals surface area contributed by atoms with Crippen LogP contribution in [0.1, 0.15) is 0 Å². The second-order valence-electron chi connectivity index (χ2n) is 1.30. The first-order chi connectivity index (χ1) is 4.27. The Balaban J connectivity index is 2.54. The highest BCUT2D eigenvalue weighted by atomic mass is 31.2. The van der Waals surface area contributed by atoms with Crippen molar-refractivity contribution in [2.75, 3.05) is 13.2 Å². The van der Waals surface area contributed by atoms with Crippen molar-refractivity contribution >= 4 is 7.82 Å². The predicted octanol–water partition coefficient (Wildman–Crippen LogP) is 0.639. The van der Waals surface area contributed by atoms with Crippen molar-refractivity contribution in [2.45, 2.75) is 0 Å². The van der Waals surface area contributed by atoms with Gasteiger partial charge in [-0.2, -0.15) is 0 Å². The summed E-state index contributed by atoms with van der Waals surface area (Å²) in [6.45, 7) is 0.442. The van der Waals surface area contributed by atoms with Crippen molar-refractivity contribution < 1.29 is 18.1 Å². The first kappa shape index (κ1) is 6.56. The van der Waals surface area contributed by atoms with Crippen molar-refractivity contribution in [3.63, 3.8) is 0 Å². The van der Waals surface area contributed by atoms with Gasteiger partial charge in [0.25, 0.3) is 6.26 Å². The molecule has 5 nitrogen and oxygen atoms in total. The molecule has 1 saturated heterocycles. The lowest BCUT2D eigenvalue weighted by molar-refractivity contribution is 0.255. The van der Waals surface area contributed by atoms with Crippen molar-refractivity contribution in [1.29, 1.82) is 5.26 Å². The third-order valence-electron chi connectivity index (χ3n) is 0.735. The summed E-state index contributed by atoms with van der Waals surface area (Å²) in [6.07, 6.45) is 1.24. The van der Waals surface area contributed by atoms with Gasteiger partial charge in [0, 0.05) is 0 Å². The zero-order valence-electron chi connectivity index (χ0n) is 4.44. The van der Waals surface area contributed by atoms with Crippen LogP contribution in [0, 0.1) is 11.5 Å². The minimum absolute atomic E-state index is 0.221. The Morgan fingerprint density at radius 3 is 2.56 bits per heavy atom. The summed E-state index contributed by atoms with van der Waals surface area (Å²) in [5, 5.41) is 7.89. The van der Waals surface area contributed by atoms with Crippen LogP contribution in [0.15, 0.2) is 0 Å². The van der Waals surface area contributed by atoms with Crippen LogP contribution >= 0.6 is 7.82 Å². The van der Waals surface area contributed by atoms with E-state index in [1.165, 1.54) is 6.26 Å². The third-order valence-corrected chi connectivity index (χ3v) is 2.04. The Bertz CT molecular complexity index is 175. The molecule has 0 bridgehead atoms. The molecule has 0 spiro atoms. The molecule has 1 heterocycles. The van der Waals surface area contributed by atoms with Gasteiger partial charge in [0.1, 0.15) is 0 Å². The molecule has 1 rings (SSSR count). The van der Waals surface area contributed by atoms with E-state index in [-0.39, 0.29) is 13.2 Å². The molecule has 0 amide bonds. The molecular formula is C3H4NO4P. The average Bonchev–Trinajstić information content (AvgIpc) is 2.16. The van der Waals surface area contributed by atoms with Crippen LogP contribution in [0.5, 0.6) is 0 Å². The maximum absolute atomic E-state index is 10.7. The predicted molar refractivity (Wildman–Crippen MR) is 26.2 cm³/mol. The van der Waals surface area contributed by atoms with Gasteiger partial charge >= 0.3 is 7.82 Å². The minimum Gasteiger partial charge on any atom is -0.328 e. The molecule has 50 valence electrons. The summed E-state index contributed by atoms with van der Waals surface area (Å²) in [5.74, 6) is 0. The maximum atomic E-state index is 10.7. The van der Waals surface area contributed by atoms with Gasteiger partial charge in [0.05, 0.1) is 13.2 Å². The van der Waals surface area contributed by atoms with Gasteiger partial charge in [-0.3, -0.25) is 9.05 Å². The Hall–Kier alpha value is -0.560. The smallest absolute Gasteiger partial charge is 0.328 e. The normalized spacial score (nSPS) is 23.0. The zero-order valence-corrected chi connectivity index (χ0v) is 5.34. The number of hydrogen-bond donors (Lipinski definition) is 0. The molecule has 0 aromatic heterocycles. The Morgan fingerprint density at radius 1 is 1.56 bits per heavy atom. The van der Waals surface area contributed by atoms with E-state index in [1.54, 1.807) is 0 Å². The fourth-order valence-electron chi connectivity index (χ4n) is 0.438. The van der Waals surface area contributed by atoms with Gasteiger partial charge < -0.3 is 4.52 Å². The van der Waals surface area contributed by atoms with E-state index < -0.39 is 7.82 Å². The van der Waals surface area contributed by atoms with Gasteiger partial charge in [-0.15, -0.1) is 5.26 Å². The summed E-state index contributed by atoms with van der Waals surface area (Å²) in [6, 6.07) is 0. The number of hydrogen-bond acceptors (Lipinski definition) is 5. The number of nitriles is 1. The highest BCUT2D eigenvalue weighted by Crippen LogP contribution is 2.52. The molecule has 0 N–H and O–H groups in total. The third kappa shape index (κ3) is 1.42. The second-order valence-corrected chi connectivity index (χ2v) is 2.89. The van der Waals surface area contributed by atoms with Crippen LogP contribution in [0.3, 0.4) is 0 Å². The fraction of sp³-hybridized carbons (Fsp3) is 0.667. The van der Waals surface area contributed by atoms with Crippen molar-refractivity contribution in [3.05, 3.63) is 0 Å². The summed E-state index contributed by atoms with van der Waals surface area (Å²) < 4.78 is 23.7. The molecule has 0 saturated carbocycles. The van der Waals surface area contributed by atoms with Crippen molar-refractivity contribution in [2.24, 2.45) is 0 Å². The van der Waals surface area contributed by atoms with E-state index in [2.05, 4.69) is 13.6 Å². The van der Waals surface area contributed by atoms with E-state index in [0.29, 0.717) is 0 Å². The largest absolute Gasteiger partial charge is 0.540 e. The Morgan fingerprint density at radius 2 is 2.11 bits per heavy atom. The van der Waals surface area contributed by atoms with Crippen molar-refractivity contribution in [3.8, 4) is 6.26 Å². The summed E-state index contributed by atoms with van der Waals surface area (Å²) in [4.78, 5) is 0. The molecule has 0 unspecified atom stereocenters. The number of phosphoric acid groups is 1. The lowest BCUT2D eigenvalue weighted by atomic mass is 10.8. The van der Waals surface area contributed by atoms with E-state index in [9.17, 15) is 4.57 Å². The van der Waals surface area contributed by atoms with Crippen LogP contribution in [0.2, 0.25) is 0 Å². The average molecular weight is 149 g/mol. The summed E-state index contributed by atoms with van der Waals surface area (Å²) in [5.41, 5.74) is 0. The van der Waals surface area contributed by atoms with Crippen molar-refractivity contribution in [1.82, 2.24) is 0 Å². The molecule has 0 aliphatic carbocycles.